The van der Waals surface area contributed by atoms with Gasteiger partial charge in [0.2, 0.25) is 5.91 Å². The molecule has 1 heterocycles. The van der Waals surface area contributed by atoms with Crippen LogP contribution in [0.4, 0.5) is 4.79 Å². The summed E-state index contributed by atoms with van der Waals surface area (Å²) in [5.41, 5.74) is 6.82. The monoisotopic (exact) mass is 466 g/mol. The maximum Gasteiger partial charge on any atom is 0.407 e. The zero-order valence-corrected chi connectivity index (χ0v) is 18.6. The lowest BCUT2D eigenvalue weighted by Gasteiger charge is -2.20. The van der Waals surface area contributed by atoms with Crippen molar-refractivity contribution in [2.75, 3.05) is 20.2 Å². The van der Waals surface area contributed by atoms with Gasteiger partial charge in [0.25, 0.3) is 5.91 Å². The molecule has 4 N–H and O–H groups in total. The molecule has 2 aliphatic rings. The maximum atomic E-state index is 12.7. The number of likely N-dealkylation sites (N-methyl/N-ethyl adjacent to an activating group) is 1. The molecule has 0 aromatic heterocycles. The minimum Gasteiger partial charge on any atom is -0.481 e. The number of carboxylic acid groups (broad SMARTS) is 1. The van der Waals surface area contributed by atoms with Crippen LogP contribution in [-0.2, 0) is 19.1 Å². The Bertz CT molecular complexity index is 1070. The molecule has 10 heteroatoms. The number of hydrogen-bond donors (Lipinski definition) is 4. The van der Waals surface area contributed by atoms with Crippen molar-refractivity contribution in [1.29, 1.82) is 0 Å². The number of carbonyl (C=O) groups excluding carboxylic acids is 3. The van der Waals surface area contributed by atoms with Gasteiger partial charge in [0.1, 0.15) is 18.7 Å². The quantitative estimate of drug-likeness (QED) is 0.459. The van der Waals surface area contributed by atoms with Crippen LogP contribution in [0.5, 0.6) is 0 Å². The summed E-state index contributed by atoms with van der Waals surface area (Å²) in [4.78, 5) is 48.2. The fourth-order valence-corrected chi connectivity index (χ4v) is 4.37. The first-order valence-corrected chi connectivity index (χ1v) is 11.0. The molecular weight excluding hydrogens is 440 g/mol. The number of aliphatic carboxylic acids is 1. The third-order valence-corrected chi connectivity index (χ3v) is 5.99. The van der Waals surface area contributed by atoms with Crippen molar-refractivity contribution >= 4 is 23.9 Å². The Morgan fingerprint density at radius 2 is 1.74 bits per heavy atom. The van der Waals surface area contributed by atoms with Gasteiger partial charge in [-0.1, -0.05) is 48.5 Å². The molecule has 178 valence electrons. The Labute approximate surface area is 196 Å². The number of nitrogens with one attached hydrogen (secondary N) is 3. The Hall–Kier alpha value is -3.92. The second-order valence-electron chi connectivity index (χ2n) is 8.37. The first kappa shape index (κ1) is 23.2. The number of fused-ring (bicyclic) bond motifs is 3. The first-order valence-electron chi connectivity index (χ1n) is 11.0. The average Bonchev–Trinajstić information content (AvgIpc) is 3.30. The van der Waals surface area contributed by atoms with E-state index in [2.05, 4.69) is 16.1 Å². The molecule has 1 aliphatic heterocycles. The molecule has 10 nitrogen and oxygen atoms in total. The molecule has 3 amide bonds. The molecule has 1 aliphatic carbocycles. The number of carbonyl (C=O) groups is 4. The number of ether oxygens (including phenoxy) is 1. The van der Waals surface area contributed by atoms with Gasteiger partial charge >= 0.3 is 12.1 Å². The van der Waals surface area contributed by atoms with Crippen LogP contribution in [-0.4, -0.2) is 66.3 Å². The van der Waals surface area contributed by atoms with Gasteiger partial charge in [-0.05, 0) is 28.7 Å². The second kappa shape index (κ2) is 9.92. The highest BCUT2D eigenvalue weighted by Gasteiger charge is 2.33. The summed E-state index contributed by atoms with van der Waals surface area (Å²) in [7, 11) is 1.65. The molecule has 0 bridgehead atoms. The Morgan fingerprint density at radius 3 is 2.29 bits per heavy atom. The number of hydrogen-bond acceptors (Lipinski definition) is 6. The summed E-state index contributed by atoms with van der Waals surface area (Å²) in [6.07, 6.45) is -1.31. The van der Waals surface area contributed by atoms with Crippen LogP contribution in [0.1, 0.15) is 29.9 Å². The number of nitrogens with zero attached hydrogens (tertiary/aromatic N) is 1. The summed E-state index contributed by atoms with van der Waals surface area (Å²) < 4.78 is 5.47. The molecule has 0 radical (unpaired) electrons. The number of carboxylic acids is 1. The van der Waals surface area contributed by atoms with E-state index in [0.29, 0.717) is 0 Å². The number of hydrazine groups is 1. The van der Waals surface area contributed by atoms with E-state index in [9.17, 15) is 19.2 Å². The van der Waals surface area contributed by atoms with Crippen molar-refractivity contribution in [3.8, 4) is 11.1 Å². The number of rotatable bonds is 8. The standard InChI is InChI=1S/C24H26N4O6/c1-28-12-20(23(32)27-28)25-22(31)19(10-11-21(29)30)26-24(33)34-13-18-16-8-4-2-6-14(16)15-7-3-5-9-17(15)18/h2-9,18-20H,10-13H2,1H3,(H,25,31)(H,26,33)(H,27,32)(H,29,30). The molecule has 0 spiro atoms. The van der Waals surface area contributed by atoms with Crippen molar-refractivity contribution < 1.29 is 29.0 Å². The summed E-state index contributed by atoms with van der Waals surface area (Å²) in [6.45, 7) is 0.310. The van der Waals surface area contributed by atoms with E-state index >= 15 is 0 Å². The van der Waals surface area contributed by atoms with E-state index in [0.717, 1.165) is 22.3 Å². The lowest BCUT2D eigenvalue weighted by molar-refractivity contribution is -0.137. The third kappa shape index (κ3) is 5.01. The predicted octanol–water partition coefficient (Wildman–Crippen LogP) is 1.22. The molecule has 2 aromatic rings. The van der Waals surface area contributed by atoms with E-state index in [1.807, 2.05) is 48.5 Å². The fraction of sp³-hybridized carbons (Fsp3) is 0.333. The smallest absolute Gasteiger partial charge is 0.407 e. The Morgan fingerprint density at radius 1 is 1.12 bits per heavy atom. The summed E-state index contributed by atoms with van der Waals surface area (Å²) >= 11 is 0. The van der Waals surface area contributed by atoms with Crippen LogP contribution in [0, 0.1) is 0 Å². The number of benzene rings is 2. The highest BCUT2D eigenvalue weighted by Crippen LogP contribution is 2.44. The van der Waals surface area contributed by atoms with Crippen LogP contribution >= 0.6 is 0 Å². The minimum absolute atomic E-state index is 0.0585. The fourth-order valence-electron chi connectivity index (χ4n) is 4.37. The summed E-state index contributed by atoms with van der Waals surface area (Å²) in [5, 5.41) is 15.6. The van der Waals surface area contributed by atoms with Crippen molar-refractivity contribution in [3.63, 3.8) is 0 Å². The first-order chi connectivity index (χ1) is 16.3. The molecule has 1 fully saturated rings. The lowest BCUT2D eigenvalue weighted by atomic mass is 9.98. The van der Waals surface area contributed by atoms with Gasteiger partial charge in [-0.3, -0.25) is 19.8 Å². The number of alkyl carbamates (subject to hydrolysis) is 1. The third-order valence-electron chi connectivity index (χ3n) is 5.99. The normalized spacial score (nSPS) is 17.9. The molecule has 0 saturated carbocycles. The van der Waals surface area contributed by atoms with E-state index < -0.39 is 30.1 Å². The SMILES string of the molecule is CN1CC(NC(=O)C(CCC(=O)O)NC(=O)OCC2c3ccccc3-c3ccccc32)C(=O)N1. The number of amides is 3. The van der Waals surface area contributed by atoms with Crippen molar-refractivity contribution in [1.82, 2.24) is 21.1 Å². The molecule has 2 unspecified atom stereocenters. The predicted molar refractivity (Wildman–Crippen MR) is 122 cm³/mol. The molecular formula is C24H26N4O6. The van der Waals surface area contributed by atoms with Crippen molar-refractivity contribution in [3.05, 3.63) is 59.7 Å². The highest BCUT2D eigenvalue weighted by molar-refractivity contribution is 5.92. The second-order valence-corrected chi connectivity index (χ2v) is 8.37. The topological polar surface area (TPSA) is 137 Å². The van der Waals surface area contributed by atoms with Gasteiger partial charge in [0, 0.05) is 25.9 Å². The molecule has 4 rings (SSSR count). The van der Waals surface area contributed by atoms with Crippen LogP contribution in [0.15, 0.2) is 48.5 Å². The zero-order valence-electron chi connectivity index (χ0n) is 18.6. The van der Waals surface area contributed by atoms with Gasteiger partial charge in [-0.2, -0.15) is 0 Å². The van der Waals surface area contributed by atoms with E-state index in [4.69, 9.17) is 9.84 Å². The van der Waals surface area contributed by atoms with Gasteiger partial charge < -0.3 is 20.5 Å². The van der Waals surface area contributed by atoms with Gasteiger partial charge in [0.05, 0.1) is 0 Å². The van der Waals surface area contributed by atoms with Gasteiger partial charge in [-0.15, -0.1) is 0 Å². The minimum atomic E-state index is -1.16. The van der Waals surface area contributed by atoms with Crippen LogP contribution in [0.25, 0.3) is 11.1 Å². The van der Waals surface area contributed by atoms with E-state index in [-0.39, 0.29) is 37.8 Å². The van der Waals surface area contributed by atoms with E-state index in [1.165, 1.54) is 5.01 Å². The summed E-state index contributed by atoms with van der Waals surface area (Å²) in [6, 6.07) is 13.9. The van der Waals surface area contributed by atoms with Crippen molar-refractivity contribution in [2.45, 2.75) is 30.8 Å². The molecule has 1 saturated heterocycles. The Balaban J connectivity index is 1.40. The van der Waals surface area contributed by atoms with Gasteiger partial charge in [0.15, 0.2) is 0 Å². The largest absolute Gasteiger partial charge is 0.481 e. The van der Waals surface area contributed by atoms with Crippen LogP contribution in [0.3, 0.4) is 0 Å². The Kier molecular flexibility index (Phi) is 6.78. The maximum absolute atomic E-state index is 12.7. The van der Waals surface area contributed by atoms with Crippen LogP contribution < -0.4 is 16.1 Å². The zero-order chi connectivity index (χ0) is 24.2. The summed E-state index contributed by atoms with van der Waals surface area (Å²) in [5.74, 6) is -2.29. The highest BCUT2D eigenvalue weighted by atomic mass is 16.5. The van der Waals surface area contributed by atoms with Gasteiger partial charge in [-0.25, -0.2) is 9.80 Å². The average molecular weight is 466 g/mol. The van der Waals surface area contributed by atoms with Crippen LogP contribution in [0.2, 0.25) is 0 Å². The lowest BCUT2D eigenvalue weighted by Crippen LogP contribution is -2.52. The van der Waals surface area contributed by atoms with E-state index in [1.54, 1.807) is 7.05 Å². The van der Waals surface area contributed by atoms with Crippen molar-refractivity contribution in [2.24, 2.45) is 0 Å². The molecule has 2 atom stereocenters. The molecule has 2 aromatic carbocycles. The molecule has 34 heavy (non-hydrogen) atoms.